The van der Waals surface area contributed by atoms with Crippen molar-refractivity contribution in [2.24, 2.45) is 0 Å². The maximum atomic E-state index is 12.8. The van der Waals surface area contributed by atoms with Gasteiger partial charge in [-0.05, 0) is 51.4 Å². The van der Waals surface area contributed by atoms with E-state index >= 15 is 0 Å². The van der Waals surface area contributed by atoms with Gasteiger partial charge in [0.15, 0.2) is 6.10 Å². The molecule has 0 saturated carbocycles. The number of rotatable bonds is 47. The number of ether oxygens (including phenoxy) is 4. The van der Waals surface area contributed by atoms with Crippen LogP contribution in [0.1, 0.15) is 226 Å². The van der Waals surface area contributed by atoms with Crippen molar-refractivity contribution in [2.45, 2.75) is 238 Å². The number of nitrogens with zero attached hydrogens (tertiary/aromatic N) is 1. The SMILES string of the molecule is CCCCC/C=C\C/C=C\C/C=C\CCCCCCCCC(=O)OC(COC(=O)CCCCCCCCCCCCCCCCCCCC)COC(OCC[N+](C)(C)C)C(=O)O. The topological polar surface area (TPSA) is 108 Å². The first kappa shape index (κ1) is 59.5. The molecule has 0 saturated heterocycles. The Hall–Kier alpha value is -2.49. The Balaban J connectivity index is 4.36. The maximum Gasteiger partial charge on any atom is 0.361 e. The van der Waals surface area contributed by atoms with Crippen LogP contribution in [0.5, 0.6) is 0 Å². The molecule has 0 rings (SSSR count). The van der Waals surface area contributed by atoms with Crippen LogP contribution in [0, 0.1) is 0 Å². The molecule has 9 heteroatoms. The van der Waals surface area contributed by atoms with Crippen molar-refractivity contribution in [3.63, 3.8) is 0 Å². The maximum absolute atomic E-state index is 12.8. The van der Waals surface area contributed by atoms with Gasteiger partial charge in [-0.25, -0.2) is 4.79 Å². The Morgan fingerprint density at radius 1 is 0.484 bits per heavy atom. The number of hydrogen-bond acceptors (Lipinski definition) is 7. The van der Waals surface area contributed by atoms with Gasteiger partial charge in [0.05, 0.1) is 34.4 Å². The molecule has 0 aromatic heterocycles. The van der Waals surface area contributed by atoms with Gasteiger partial charge in [-0.2, -0.15) is 0 Å². The highest BCUT2D eigenvalue weighted by Gasteiger charge is 2.25. The molecule has 0 aromatic rings. The summed E-state index contributed by atoms with van der Waals surface area (Å²) < 4.78 is 22.8. The number of carbonyl (C=O) groups excluding carboxylic acids is 2. The smallest absolute Gasteiger partial charge is 0.361 e. The number of unbranched alkanes of at least 4 members (excludes halogenated alkanes) is 26. The molecule has 0 aliphatic rings. The van der Waals surface area contributed by atoms with Gasteiger partial charge in [0.2, 0.25) is 0 Å². The standard InChI is InChI=1S/C53H97NO8/c1-6-8-10-12-14-16-18-20-22-24-26-28-30-32-34-36-38-40-42-44-51(56)62-49(48-61-53(52(57)58)59-46-45-54(3,4)5)47-60-50(55)43-41-39-37-35-33-31-29-27-25-23-21-19-17-15-13-11-9-7-2/h14,16,20,22,26,28,49,53H,6-13,15,17-19,21,23-25,27,29-48H2,1-5H3/p+1/b16-14-,22-20-,28-26-. The number of quaternary nitrogens is 1. The summed E-state index contributed by atoms with van der Waals surface area (Å²) in [6.07, 6.45) is 49.1. The van der Waals surface area contributed by atoms with Crippen LogP contribution in [0.3, 0.4) is 0 Å². The number of carboxylic acids is 1. The van der Waals surface area contributed by atoms with Gasteiger partial charge in [-0.15, -0.1) is 0 Å². The van der Waals surface area contributed by atoms with Crippen molar-refractivity contribution >= 4 is 17.9 Å². The molecule has 0 radical (unpaired) electrons. The second-order valence-electron chi connectivity index (χ2n) is 18.5. The summed E-state index contributed by atoms with van der Waals surface area (Å²) in [5.41, 5.74) is 0. The Morgan fingerprint density at radius 3 is 1.32 bits per heavy atom. The molecule has 2 atom stereocenters. The van der Waals surface area contributed by atoms with Crippen LogP contribution in [0.25, 0.3) is 0 Å². The van der Waals surface area contributed by atoms with Crippen LogP contribution in [0.15, 0.2) is 36.5 Å². The molecule has 0 aliphatic heterocycles. The van der Waals surface area contributed by atoms with Crippen molar-refractivity contribution in [3.05, 3.63) is 36.5 Å². The van der Waals surface area contributed by atoms with E-state index in [-0.39, 0.29) is 32.2 Å². The normalized spacial score (nSPS) is 13.1. The Bertz CT molecular complexity index is 1110. The lowest BCUT2D eigenvalue weighted by atomic mass is 10.0. The molecule has 2 unspecified atom stereocenters. The summed E-state index contributed by atoms with van der Waals surface area (Å²) in [5.74, 6) is -2.01. The van der Waals surface area contributed by atoms with E-state index in [1.807, 2.05) is 21.1 Å². The van der Waals surface area contributed by atoms with Crippen molar-refractivity contribution in [1.82, 2.24) is 0 Å². The number of carboxylic acid groups (broad SMARTS) is 1. The molecule has 0 fully saturated rings. The van der Waals surface area contributed by atoms with Crippen LogP contribution in [0.2, 0.25) is 0 Å². The first-order valence-electron chi connectivity index (χ1n) is 25.7. The zero-order valence-corrected chi connectivity index (χ0v) is 41.0. The first-order chi connectivity index (χ1) is 30.1. The summed E-state index contributed by atoms with van der Waals surface area (Å²) in [6, 6.07) is 0. The summed E-state index contributed by atoms with van der Waals surface area (Å²) in [6.45, 7) is 4.85. The summed E-state index contributed by atoms with van der Waals surface area (Å²) in [5, 5.41) is 9.67. The fourth-order valence-electron chi connectivity index (χ4n) is 7.14. The molecule has 9 nitrogen and oxygen atoms in total. The van der Waals surface area contributed by atoms with Crippen molar-refractivity contribution < 1.29 is 42.9 Å². The molecule has 1 N–H and O–H groups in total. The lowest BCUT2D eigenvalue weighted by molar-refractivity contribution is -0.870. The lowest BCUT2D eigenvalue weighted by Gasteiger charge is -2.25. The Morgan fingerprint density at radius 2 is 0.871 bits per heavy atom. The number of carbonyl (C=O) groups is 3. The quantitative estimate of drug-likeness (QED) is 0.0212. The molecule has 0 bridgehead atoms. The highest BCUT2D eigenvalue weighted by Crippen LogP contribution is 2.16. The third kappa shape index (κ3) is 45.5. The van der Waals surface area contributed by atoms with E-state index in [1.54, 1.807) is 0 Å². The second-order valence-corrected chi connectivity index (χ2v) is 18.5. The van der Waals surface area contributed by atoms with E-state index in [1.165, 1.54) is 135 Å². The number of aliphatic carboxylic acids is 1. The van der Waals surface area contributed by atoms with E-state index in [0.717, 1.165) is 57.8 Å². The van der Waals surface area contributed by atoms with Crippen LogP contribution in [-0.4, -0.2) is 87.4 Å². The lowest BCUT2D eigenvalue weighted by Crippen LogP contribution is -2.40. The van der Waals surface area contributed by atoms with E-state index in [0.29, 0.717) is 23.9 Å². The average molecular weight is 877 g/mol. The minimum atomic E-state index is -1.51. The second kappa shape index (κ2) is 45.1. The van der Waals surface area contributed by atoms with Crippen molar-refractivity contribution in [3.8, 4) is 0 Å². The summed E-state index contributed by atoms with van der Waals surface area (Å²) in [7, 11) is 5.96. The van der Waals surface area contributed by atoms with Crippen molar-refractivity contribution in [1.29, 1.82) is 0 Å². The van der Waals surface area contributed by atoms with Gasteiger partial charge in [0.1, 0.15) is 13.2 Å². The molecule has 0 aromatic carbocycles. The van der Waals surface area contributed by atoms with Gasteiger partial charge in [0.25, 0.3) is 6.29 Å². The number of esters is 2. The third-order valence-electron chi connectivity index (χ3n) is 11.1. The summed E-state index contributed by atoms with van der Waals surface area (Å²) >= 11 is 0. The fraction of sp³-hybridized carbons (Fsp3) is 0.830. The number of likely N-dealkylation sites (N-methyl/N-ethyl adjacent to an activating group) is 1. The summed E-state index contributed by atoms with van der Waals surface area (Å²) in [4.78, 5) is 37.3. The van der Waals surface area contributed by atoms with Crippen molar-refractivity contribution in [2.75, 3.05) is 47.5 Å². The molecule has 0 amide bonds. The van der Waals surface area contributed by atoms with E-state index in [9.17, 15) is 19.5 Å². The first-order valence-corrected chi connectivity index (χ1v) is 25.7. The third-order valence-corrected chi connectivity index (χ3v) is 11.1. The molecule has 0 heterocycles. The Labute approximate surface area is 381 Å². The van der Waals surface area contributed by atoms with Crippen LogP contribution in [0.4, 0.5) is 0 Å². The molecule has 362 valence electrons. The number of allylic oxidation sites excluding steroid dienone is 6. The van der Waals surface area contributed by atoms with E-state index in [4.69, 9.17) is 18.9 Å². The minimum Gasteiger partial charge on any atom is -0.477 e. The zero-order chi connectivity index (χ0) is 45.6. The van der Waals surface area contributed by atoms with E-state index in [2.05, 4.69) is 50.3 Å². The van der Waals surface area contributed by atoms with Gasteiger partial charge < -0.3 is 28.5 Å². The predicted octanol–water partition coefficient (Wildman–Crippen LogP) is 14.2. The molecular formula is C53H98NO8+. The van der Waals surface area contributed by atoms with Gasteiger partial charge in [0, 0.05) is 12.8 Å². The number of hydrogen-bond donors (Lipinski definition) is 1. The van der Waals surface area contributed by atoms with Gasteiger partial charge in [-0.3, -0.25) is 9.59 Å². The molecule has 0 spiro atoms. The Kier molecular flexibility index (Phi) is 43.3. The average Bonchev–Trinajstić information content (AvgIpc) is 3.23. The minimum absolute atomic E-state index is 0.184. The van der Waals surface area contributed by atoms with Crippen LogP contribution >= 0.6 is 0 Å². The van der Waals surface area contributed by atoms with Gasteiger partial charge >= 0.3 is 17.9 Å². The molecule has 0 aliphatic carbocycles. The highest BCUT2D eigenvalue weighted by atomic mass is 16.7. The molecule has 62 heavy (non-hydrogen) atoms. The van der Waals surface area contributed by atoms with E-state index < -0.39 is 24.3 Å². The zero-order valence-electron chi connectivity index (χ0n) is 41.0. The monoisotopic (exact) mass is 877 g/mol. The predicted molar refractivity (Wildman–Crippen MR) is 258 cm³/mol. The van der Waals surface area contributed by atoms with Gasteiger partial charge in [-0.1, -0.05) is 198 Å². The fourth-order valence-corrected chi connectivity index (χ4v) is 7.14. The largest absolute Gasteiger partial charge is 0.477 e. The molecular weight excluding hydrogens is 779 g/mol. The van der Waals surface area contributed by atoms with Crippen LogP contribution in [-0.2, 0) is 33.3 Å². The van der Waals surface area contributed by atoms with Crippen LogP contribution < -0.4 is 0 Å². The highest BCUT2D eigenvalue weighted by molar-refractivity contribution is 5.71.